The summed E-state index contributed by atoms with van der Waals surface area (Å²) in [5.74, 6) is -0.198. The van der Waals surface area contributed by atoms with Crippen LogP contribution in [0.25, 0.3) is 0 Å². The maximum Gasteiger partial charge on any atom is 0.374 e. The first kappa shape index (κ1) is 19.2. The molecule has 23 heavy (non-hydrogen) atoms. The first-order valence-electron chi connectivity index (χ1n) is 7.66. The van der Waals surface area contributed by atoms with E-state index in [1.165, 1.54) is 7.11 Å². The summed E-state index contributed by atoms with van der Waals surface area (Å²) in [6, 6.07) is 2.71. The summed E-state index contributed by atoms with van der Waals surface area (Å²) in [4.78, 5) is 23.3. The predicted octanol–water partition coefficient (Wildman–Crippen LogP) is 1.90. The summed E-state index contributed by atoms with van der Waals surface area (Å²) in [5, 5.41) is 3.04. The lowest BCUT2D eigenvalue weighted by Crippen LogP contribution is -2.38. The largest absolute Gasteiger partial charge is 0.468 e. The van der Waals surface area contributed by atoms with Gasteiger partial charge in [0.25, 0.3) is 0 Å². The molecule has 0 saturated heterocycles. The first-order valence-corrected chi connectivity index (χ1v) is 7.66. The Morgan fingerprint density at radius 3 is 2.65 bits per heavy atom. The Kier molecular flexibility index (Phi) is 8.36. The SMILES string of the molecule is CCOC(=O)c1ccc(CN[C@@H](CCOC(C)C)C(=O)OC)o1. The van der Waals surface area contributed by atoms with Crippen LogP contribution in [0, 0.1) is 0 Å². The van der Waals surface area contributed by atoms with Crippen molar-refractivity contribution in [2.75, 3.05) is 20.3 Å². The van der Waals surface area contributed by atoms with Gasteiger partial charge in [-0.05, 0) is 39.3 Å². The number of hydrogen-bond donors (Lipinski definition) is 1. The number of esters is 2. The van der Waals surface area contributed by atoms with Gasteiger partial charge in [0.05, 0.1) is 26.4 Å². The third-order valence-corrected chi connectivity index (χ3v) is 3.00. The average Bonchev–Trinajstić information content (AvgIpc) is 2.98. The Morgan fingerprint density at radius 2 is 2.04 bits per heavy atom. The number of furan rings is 1. The van der Waals surface area contributed by atoms with Gasteiger partial charge in [-0.15, -0.1) is 0 Å². The fourth-order valence-electron chi connectivity index (χ4n) is 1.88. The minimum Gasteiger partial charge on any atom is -0.468 e. The summed E-state index contributed by atoms with van der Waals surface area (Å²) in [6.45, 7) is 6.61. The summed E-state index contributed by atoms with van der Waals surface area (Å²) in [6.07, 6.45) is 0.585. The minimum atomic E-state index is -0.506. The number of carbonyl (C=O) groups excluding carboxylic acids is 2. The average molecular weight is 327 g/mol. The highest BCUT2D eigenvalue weighted by Crippen LogP contribution is 2.10. The highest BCUT2D eigenvalue weighted by Gasteiger charge is 2.20. The van der Waals surface area contributed by atoms with E-state index in [2.05, 4.69) is 5.32 Å². The van der Waals surface area contributed by atoms with Gasteiger partial charge in [0.15, 0.2) is 0 Å². The van der Waals surface area contributed by atoms with E-state index in [0.717, 1.165) is 0 Å². The lowest BCUT2D eigenvalue weighted by Gasteiger charge is -2.16. The molecule has 0 bridgehead atoms. The van der Waals surface area contributed by atoms with Crippen LogP contribution in [0.2, 0.25) is 0 Å². The van der Waals surface area contributed by atoms with E-state index in [9.17, 15) is 9.59 Å². The molecule has 130 valence electrons. The molecule has 0 unspecified atom stereocenters. The summed E-state index contributed by atoms with van der Waals surface area (Å²) in [7, 11) is 1.34. The molecule has 1 heterocycles. The van der Waals surface area contributed by atoms with Crippen LogP contribution in [-0.4, -0.2) is 44.4 Å². The Morgan fingerprint density at radius 1 is 1.30 bits per heavy atom. The standard InChI is InChI=1S/C16H25NO6/c1-5-21-16(19)14-7-6-12(23-14)10-17-13(15(18)20-4)8-9-22-11(2)3/h6-7,11,13,17H,5,8-10H2,1-4H3/t13-/m0/s1. The molecular formula is C16H25NO6. The van der Waals surface area contributed by atoms with Crippen LogP contribution in [-0.2, 0) is 25.5 Å². The molecule has 7 nitrogen and oxygen atoms in total. The van der Waals surface area contributed by atoms with Crippen LogP contribution in [0.5, 0.6) is 0 Å². The number of carbonyl (C=O) groups is 2. The maximum atomic E-state index is 11.8. The molecule has 1 aromatic rings. The summed E-state index contributed by atoms with van der Waals surface area (Å²) < 4.78 is 20.5. The molecule has 0 spiro atoms. The minimum absolute atomic E-state index is 0.102. The number of hydrogen-bond acceptors (Lipinski definition) is 7. The predicted molar refractivity (Wildman–Crippen MR) is 83.0 cm³/mol. The van der Waals surface area contributed by atoms with Gasteiger partial charge in [0.2, 0.25) is 5.76 Å². The Labute approximate surface area is 136 Å². The van der Waals surface area contributed by atoms with E-state index in [-0.39, 0.29) is 24.4 Å². The second-order valence-corrected chi connectivity index (χ2v) is 5.15. The lowest BCUT2D eigenvalue weighted by atomic mass is 10.2. The highest BCUT2D eigenvalue weighted by atomic mass is 16.5. The normalized spacial score (nSPS) is 12.2. The van der Waals surface area contributed by atoms with Crippen LogP contribution in [0.3, 0.4) is 0 Å². The zero-order valence-corrected chi connectivity index (χ0v) is 14.1. The maximum absolute atomic E-state index is 11.8. The highest BCUT2D eigenvalue weighted by molar-refractivity contribution is 5.86. The second kappa shape index (κ2) is 10.0. The molecule has 1 N–H and O–H groups in total. The van der Waals surface area contributed by atoms with Gasteiger partial charge >= 0.3 is 11.9 Å². The van der Waals surface area contributed by atoms with Crippen LogP contribution in [0.15, 0.2) is 16.5 Å². The van der Waals surface area contributed by atoms with Crippen molar-refractivity contribution in [2.45, 2.75) is 45.9 Å². The van der Waals surface area contributed by atoms with Crippen molar-refractivity contribution in [3.8, 4) is 0 Å². The molecule has 0 aliphatic rings. The molecule has 0 aliphatic carbocycles. The summed E-state index contributed by atoms with van der Waals surface area (Å²) in [5.41, 5.74) is 0. The van der Waals surface area contributed by atoms with E-state index in [0.29, 0.717) is 25.3 Å². The van der Waals surface area contributed by atoms with Gasteiger partial charge in [-0.25, -0.2) is 4.79 Å². The number of rotatable bonds is 10. The molecular weight excluding hydrogens is 302 g/mol. The van der Waals surface area contributed by atoms with Crippen LogP contribution < -0.4 is 5.32 Å². The molecule has 0 aliphatic heterocycles. The van der Waals surface area contributed by atoms with Crippen molar-refractivity contribution in [1.82, 2.24) is 5.32 Å². The van der Waals surface area contributed by atoms with E-state index >= 15 is 0 Å². The van der Waals surface area contributed by atoms with Crippen molar-refractivity contribution in [1.29, 1.82) is 0 Å². The van der Waals surface area contributed by atoms with Gasteiger partial charge in [0.1, 0.15) is 11.8 Å². The van der Waals surface area contributed by atoms with E-state index in [1.54, 1.807) is 19.1 Å². The fourth-order valence-corrected chi connectivity index (χ4v) is 1.88. The van der Waals surface area contributed by atoms with Gasteiger partial charge < -0.3 is 18.6 Å². The first-order chi connectivity index (χ1) is 11.0. The molecule has 0 aromatic carbocycles. The topological polar surface area (TPSA) is 87.0 Å². The quantitative estimate of drug-likeness (QED) is 0.657. The molecule has 0 fully saturated rings. The van der Waals surface area contributed by atoms with Crippen molar-refractivity contribution >= 4 is 11.9 Å². The third-order valence-electron chi connectivity index (χ3n) is 3.00. The Hall–Kier alpha value is -1.86. The zero-order chi connectivity index (χ0) is 17.2. The van der Waals surface area contributed by atoms with Gasteiger partial charge in [-0.3, -0.25) is 10.1 Å². The smallest absolute Gasteiger partial charge is 0.374 e. The van der Waals surface area contributed by atoms with Gasteiger partial charge in [0, 0.05) is 6.61 Å². The van der Waals surface area contributed by atoms with Crippen molar-refractivity contribution in [3.05, 3.63) is 23.7 Å². The molecule has 1 rings (SSSR count). The Bertz CT molecular complexity index is 497. The summed E-state index contributed by atoms with van der Waals surface area (Å²) >= 11 is 0. The van der Waals surface area contributed by atoms with Gasteiger partial charge in [-0.2, -0.15) is 0 Å². The second-order valence-electron chi connectivity index (χ2n) is 5.15. The van der Waals surface area contributed by atoms with Crippen molar-refractivity contribution < 1.29 is 28.2 Å². The molecule has 7 heteroatoms. The molecule has 0 saturated carbocycles. The number of ether oxygens (including phenoxy) is 3. The van der Waals surface area contributed by atoms with Crippen molar-refractivity contribution in [2.24, 2.45) is 0 Å². The van der Waals surface area contributed by atoms with E-state index in [1.807, 2.05) is 13.8 Å². The van der Waals surface area contributed by atoms with Gasteiger partial charge in [-0.1, -0.05) is 0 Å². The molecule has 1 aromatic heterocycles. The zero-order valence-electron chi connectivity index (χ0n) is 14.1. The number of nitrogens with one attached hydrogen (secondary N) is 1. The third kappa shape index (κ3) is 6.83. The molecule has 0 radical (unpaired) electrons. The van der Waals surface area contributed by atoms with Crippen LogP contribution >= 0.6 is 0 Å². The Balaban J connectivity index is 2.53. The van der Waals surface area contributed by atoms with E-state index < -0.39 is 12.0 Å². The monoisotopic (exact) mass is 327 g/mol. The van der Waals surface area contributed by atoms with E-state index in [4.69, 9.17) is 18.6 Å². The fraction of sp³-hybridized carbons (Fsp3) is 0.625. The van der Waals surface area contributed by atoms with Crippen molar-refractivity contribution in [3.63, 3.8) is 0 Å². The number of methoxy groups -OCH3 is 1. The lowest BCUT2D eigenvalue weighted by molar-refractivity contribution is -0.143. The molecule has 1 atom stereocenters. The molecule has 0 amide bonds. The van der Waals surface area contributed by atoms with Crippen LogP contribution in [0.1, 0.15) is 43.5 Å². The van der Waals surface area contributed by atoms with Crippen LogP contribution in [0.4, 0.5) is 0 Å².